The van der Waals surface area contributed by atoms with E-state index in [1.807, 2.05) is 54.6 Å². The van der Waals surface area contributed by atoms with Crippen LogP contribution in [0.15, 0.2) is 78.6 Å². The van der Waals surface area contributed by atoms with E-state index in [1.165, 1.54) is 0 Å². The fourth-order valence-electron chi connectivity index (χ4n) is 6.54. The standard InChI is InChI=1S/C36H46O6Si/c1-24(2)43(25(3)4,26(5)6)42-31(20-27-14-12-11-13-15-27)21-32-35-33(39-9)22-30(38-8)23-34(35)41-36(32,40-10)28-16-18-29(37-7)19-17-28/h11-26H,1-10H3/b31-20+,32-21-. The van der Waals surface area contributed by atoms with Gasteiger partial charge >= 0.3 is 0 Å². The second-order valence-corrected chi connectivity index (χ2v) is 17.2. The van der Waals surface area contributed by atoms with Crippen molar-refractivity contribution in [1.29, 1.82) is 0 Å². The second kappa shape index (κ2) is 13.3. The number of ether oxygens (including phenoxy) is 5. The van der Waals surface area contributed by atoms with Gasteiger partial charge in [0, 0.05) is 30.4 Å². The minimum Gasteiger partial charge on any atom is -0.543 e. The van der Waals surface area contributed by atoms with Crippen LogP contribution < -0.4 is 18.9 Å². The molecule has 0 saturated heterocycles. The molecule has 3 aromatic rings. The summed E-state index contributed by atoms with van der Waals surface area (Å²) >= 11 is 0. The van der Waals surface area contributed by atoms with Crippen LogP contribution in [0.25, 0.3) is 11.6 Å². The largest absolute Gasteiger partial charge is 0.543 e. The number of allylic oxidation sites excluding steroid dienone is 1. The van der Waals surface area contributed by atoms with Crippen LogP contribution in [0.2, 0.25) is 16.6 Å². The third-order valence-electron chi connectivity index (χ3n) is 8.53. The van der Waals surface area contributed by atoms with Crippen LogP contribution in [0, 0.1) is 0 Å². The minimum atomic E-state index is -2.36. The van der Waals surface area contributed by atoms with Gasteiger partial charge in [0.05, 0.1) is 26.9 Å². The van der Waals surface area contributed by atoms with Gasteiger partial charge in [-0.05, 0) is 58.6 Å². The van der Waals surface area contributed by atoms with Gasteiger partial charge in [0.2, 0.25) is 0 Å². The van der Waals surface area contributed by atoms with E-state index in [0.29, 0.717) is 33.9 Å². The first-order valence-corrected chi connectivity index (χ1v) is 17.0. The van der Waals surface area contributed by atoms with E-state index in [0.717, 1.165) is 33.8 Å². The van der Waals surface area contributed by atoms with E-state index < -0.39 is 14.1 Å². The highest BCUT2D eigenvalue weighted by molar-refractivity contribution is 6.78. The van der Waals surface area contributed by atoms with Gasteiger partial charge in [-0.25, -0.2) is 0 Å². The molecule has 0 spiro atoms. The lowest BCUT2D eigenvalue weighted by Crippen LogP contribution is -2.47. The molecule has 1 unspecified atom stereocenters. The summed E-state index contributed by atoms with van der Waals surface area (Å²) in [5.74, 6) is 2.05. The van der Waals surface area contributed by atoms with Crippen LogP contribution in [-0.2, 0) is 14.9 Å². The number of hydrogen-bond donors (Lipinski definition) is 0. The summed E-state index contributed by atoms with van der Waals surface area (Å²) < 4.78 is 37.4. The fourth-order valence-corrected chi connectivity index (χ4v) is 11.8. The predicted octanol–water partition coefficient (Wildman–Crippen LogP) is 9.22. The summed E-state index contributed by atoms with van der Waals surface area (Å²) in [6.45, 7) is 13.7. The van der Waals surface area contributed by atoms with Crippen molar-refractivity contribution >= 4 is 20.0 Å². The molecule has 0 aliphatic carbocycles. The minimum absolute atomic E-state index is 0.379. The van der Waals surface area contributed by atoms with Crippen LogP contribution in [0.4, 0.5) is 0 Å². The average Bonchev–Trinajstić information content (AvgIpc) is 3.33. The normalized spacial score (nSPS) is 17.8. The van der Waals surface area contributed by atoms with Crippen molar-refractivity contribution in [2.75, 3.05) is 28.4 Å². The average molecular weight is 603 g/mol. The molecule has 0 saturated carbocycles. The zero-order valence-corrected chi connectivity index (χ0v) is 28.2. The third kappa shape index (κ3) is 6.06. The van der Waals surface area contributed by atoms with Crippen molar-refractivity contribution in [2.45, 2.75) is 64.0 Å². The molecule has 7 heteroatoms. The highest BCUT2D eigenvalue weighted by Gasteiger charge is 2.50. The van der Waals surface area contributed by atoms with Gasteiger partial charge in [-0.15, -0.1) is 0 Å². The van der Waals surface area contributed by atoms with Crippen molar-refractivity contribution in [3.8, 4) is 23.0 Å². The van der Waals surface area contributed by atoms with E-state index in [2.05, 4.69) is 65.8 Å². The Morgan fingerprint density at radius 1 is 0.744 bits per heavy atom. The lowest BCUT2D eigenvalue weighted by atomic mass is 9.92. The van der Waals surface area contributed by atoms with Gasteiger partial charge in [0.25, 0.3) is 14.1 Å². The summed E-state index contributed by atoms with van der Waals surface area (Å²) in [6.07, 6.45) is 4.20. The zero-order chi connectivity index (χ0) is 31.4. The fraction of sp³-hybridized carbons (Fsp3) is 0.389. The molecule has 0 N–H and O–H groups in total. The number of hydrogen-bond acceptors (Lipinski definition) is 6. The van der Waals surface area contributed by atoms with Gasteiger partial charge in [0.1, 0.15) is 28.8 Å². The molecule has 1 heterocycles. The zero-order valence-electron chi connectivity index (χ0n) is 27.2. The van der Waals surface area contributed by atoms with Gasteiger partial charge in [-0.1, -0.05) is 71.9 Å². The molecule has 0 amide bonds. The molecule has 0 bridgehead atoms. The Kier molecular flexibility index (Phi) is 9.98. The summed E-state index contributed by atoms with van der Waals surface area (Å²) in [6, 6.07) is 21.7. The summed E-state index contributed by atoms with van der Waals surface area (Å²) in [4.78, 5) is 0. The number of benzene rings is 3. The van der Waals surface area contributed by atoms with Crippen molar-refractivity contribution in [1.82, 2.24) is 0 Å². The molecule has 6 nitrogen and oxygen atoms in total. The van der Waals surface area contributed by atoms with Crippen molar-refractivity contribution in [3.05, 3.63) is 95.3 Å². The SMILES string of the molecule is COc1ccc(C2(OC)Oc3cc(OC)cc(OC)c3/C2=C/C(=C\c2ccccc2)O[Si](C(C)C)(C(C)C)C(C)C)cc1. The van der Waals surface area contributed by atoms with E-state index in [4.69, 9.17) is 28.1 Å². The quantitative estimate of drug-likeness (QED) is 0.152. The first-order chi connectivity index (χ1) is 20.6. The molecule has 1 aliphatic rings. The molecule has 1 aliphatic heterocycles. The Morgan fingerprint density at radius 2 is 1.35 bits per heavy atom. The molecule has 0 radical (unpaired) electrons. The molecule has 3 aromatic carbocycles. The van der Waals surface area contributed by atoms with E-state index in [1.54, 1.807) is 28.4 Å². The Bertz CT molecular complexity index is 1420. The third-order valence-corrected chi connectivity index (χ3v) is 14.5. The number of rotatable bonds is 12. The Hall–Kier alpha value is -3.68. The van der Waals surface area contributed by atoms with Crippen LogP contribution in [0.3, 0.4) is 0 Å². The lowest BCUT2D eigenvalue weighted by Gasteiger charge is -2.42. The van der Waals surface area contributed by atoms with E-state index in [-0.39, 0.29) is 0 Å². The smallest absolute Gasteiger partial charge is 0.265 e. The van der Waals surface area contributed by atoms with Crippen LogP contribution in [-0.4, -0.2) is 36.8 Å². The highest BCUT2D eigenvalue weighted by Crippen LogP contribution is 2.56. The van der Waals surface area contributed by atoms with Gasteiger partial charge < -0.3 is 28.1 Å². The molecular formula is C36H46O6Si. The van der Waals surface area contributed by atoms with E-state index >= 15 is 0 Å². The van der Waals surface area contributed by atoms with E-state index in [9.17, 15) is 0 Å². The highest BCUT2D eigenvalue weighted by atomic mass is 28.4. The first-order valence-electron chi connectivity index (χ1n) is 14.9. The molecule has 0 aromatic heterocycles. The molecule has 230 valence electrons. The predicted molar refractivity (Wildman–Crippen MR) is 176 cm³/mol. The maximum Gasteiger partial charge on any atom is 0.265 e. The maximum absolute atomic E-state index is 7.36. The molecular weight excluding hydrogens is 556 g/mol. The Labute approximate surface area is 258 Å². The molecule has 4 rings (SSSR count). The van der Waals surface area contributed by atoms with Gasteiger partial charge in [0.15, 0.2) is 0 Å². The Morgan fingerprint density at radius 3 is 1.86 bits per heavy atom. The summed E-state index contributed by atoms with van der Waals surface area (Å²) in [7, 11) is 4.23. The lowest BCUT2D eigenvalue weighted by molar-refractivity contribution is -0.114. The number of fused-ring (bicyclic) bond motifs is 1. The van der Waals surface area contributed by atoms with Crippen LogP contribution in [0.1, 0.15) is 58.2 Å². The second-order valence-electron chi connectivity index (χ2n) is 11.8. The number of methoxy groups -OCH3 is 4. The monoisotopic (exact) mass is 602 g/mol. The Balaban J connectivity index is 2.05. The van der Waals surface area contributed by atoms with Gasteiger partial charge in [-0.2, -0.15) is 0 Å². The molecule has 1 atom stereocenters. The van der Waals surface area contributed by atoms with Gasteiger partial charge in [-0.3, -0.25) is 0 Å². The van der Waals surface area contributed by atoms with Crippen molar-refractivity contribution < 1.29 is 28.1 Å². The molecule has 43 heavy (non-hydrogen) atoms. The maximum atomic E-state index is 7.36. The van der Waals surface area contributed by atoms with Crippen molar-refractivity contribution in [2.24, 2.45) is 0 Å². The van der Waals surface area contributed by atoms with Crippen LogP contribution in [0.5, 0.6) is 23.0 Å². The van der Waals surface area contributed by atoms with Crippen LogP contribution >= 0.6 is 0 Å². The molecule has 0 fully saturated rings. The topological polar surface area (TPSA) is 55.4 Å². The summed E-state index contributed by atoms with van der Waals surface area (Å²) in [5.41, 5.74) is 4.55. The summed E-state index contributed by atoms with van der Waals surface area (Å²) in [5, 5.41) is 0. The first kappa shape index (κ1) is 32.2. The van der Waals surface area contributed by atoms with Crippen molar-refractivity contribution in [3.63, 3.8) is 0 Å².